The zero-order chi connectivity index (χ0) is 15.2. The maximum atomic E-state index is 11.3. The second-order valence-electron chi connectivity index (χ2n) is 4.64. The standard InChI is InChI=1S/C14H21ClO4S/c1-4-5-6-18-7-8-19-14-11(2)9-13(10-12(14)3)20(15,16)17/h9-10H,4-8H2,1-3H3. The fourth-order valence-corrected chi connectivity index (χ4v) is 2.73. The summed E-state index contributed by atoms with van der Waals surface area (Å²) in [7, 11) is 1.63. The zero-order valence-corrected chi connectivity index (χ0v) is 13.7. The van der Waals surface area contributed by atoms with Crippen LogP contribution in [0.3, 0.4) is 0 Å². The Hall–Kier alpha value is -0.780. The maximum absolute atomic E-state index is 11.3. The fraction of sp³-hybridized carbons (Fsp3) is 0.571. The van der Waals surface area contributed by atoms with Crippen molar-refractivity contribution in [3.05, 3.63) is 23.3 Å². The molecule has 0 amide bonds. The van der Waals surface area contributed by atoms with E-state index in [1.807, 2.05) is 0 Å². The van der Waals surface area contributed by atoms with Crippen LogP contribution >= 0.6 is 10.7 Å². The van der Waals surface area contributed by atoms with E-state index in [0.29, 0.717) is 19.0 Å². The summed E-state index contributed by atoms with van der Waals surface area (Å²) in [4.78, 5) is 0.0979. The van der Waals surface area contributed by atoms with Crippen LogP contribution in [0, 0.1) is 13.8 Å². The summed E-state index contributed by atoms with van der Waals surface area (Å²) >= 11 is 0. The normalized spacial score (nSPS) is 11.6. The van der Waals surface area contributed by atoms with E-state index in [0.717, 1.165) is 30.6 Å². The molecule has 0 unspecified atom stereocenters. The van der Waals surface area contributed by atoms with E-state index in [1.54, 1.807) is 13.8 Å². The highest BCUT2D eigenvalue weighted by molar-refractivity contribution is 8.13. The second kappa shape index (κ2) is 7.86. The van der Waals surface area contributed by atoms with Crippen LogP contribution in [0.5, 0.6) is 5.75 Å². The molecule has 0 fully saturated rings. The Morgan fingerprint density at radius 2 is 1.70 bits per heavy atom. The van der Waals surface area contributed by atoms with E-state index in [2.05, 4.69) is 6.92 Å². The Bertz CT molecular complexity index is 517. The number of hydrogen-bond acceptors (Lipinski definition) is 4. The summed E-state index contributed by atoms with van der Waals surface area (Å²) in [6.45, 7) is 7.41. The first-order valence-electron chi connectivity index (χ1n) is 6.62. The molecular formula is C14H21ClO4S. The smallest absolute Gasteiger partial charge is 0.261 e. The maximum Gasteiger partial charge on any atom is 0.261 e. The molecule has 0 saturated heterocycles. The van der Waals surface area contributed by atoms with Crippen LogP contribution in [0.15, 0.2) is 17.0 Å². The quantitative estimate of drug-likeness (QED) is 0.544. The van der Waals surface area contributed by atoms with Gasteiger partial charge in [-0.3, -0.25) is 0 Å². The summed E-state index contributed by atoms with van der Waals surface area (Å²) < 4.78 is 33.7. The van der Waals surface area contributed by atoms with Crippen LogP contribution in [0.1, 0.15) is 30.9 Å². The Labute approximate surface area is 125 Å². The molecule has 0 bridgehead atoms. The molecule has 0 atom stereocenters. The minimum atomic E-state index is -3.71. The van der Waals surface area contributed by atoms with Crippen LogP contribution in [-0.4, -0.2) is 28.2 Å². The molecule has 20 heavy (non-hydrogen) atoms. The van der Waals surface area contributed by atoms with Gasteiger partial charge in [0.05, 0.1) is 11.5 Å². The molecule has 114 valence electrons. The van der Waals surface area contributed by atoms with E-state index in [4.69, 9.17) is 20.2 Å². The number of rotatable bonds is 8. The highest BCUT2D eigenvalue weighted by Crippen LogP contribution is 2.28. The van der Waals surface area contributed by atoms with E-state index in [-0.39, 0.29) is 4.90 Å². The third-order valence-corrected chi connectivity index (χ3v) is 4.16. The highest BCUT2D eigenvalue weighted by atomic mass is 35.7. The van der Waals surface area contributed by atoms with Gasteiger partial charge in [-0.2, -0.15) is 0 Å². The lowest BCUT2D eigenvalue weighted by molar-refractivity contribution is 0.0976. The number of aryl methyl sites for hydroxylation is 2. The number of ether oxygens (including phenoxy) is 2. The molecular weight excluding hydrogens is 300 g/mol. The summed E-state index contributed by atoms with van der Waals surface area (Å²) in [6, 6.07) is 3.03. The highest BCUT2D eigenvalue weighted by Gasteiger charge is 2.14. The van der Waals surface area contributed by atoms with Crippen LogP contribution < -0.4 is 4.74 Å². The van der Waals surface area contributed by atoms with Gasteiger partial charge in [0.2, 0.25) is 0 Å². The van der Waals surface area contributed by atoms with Gasteiger partial charge in [0.1, 0.15) is 12.4 Å². The van der Waals surface area contributed by atoms with Gasteiger partial charge >= 0.3 is 0 Å². The lowest BCUT2D eigenvalue weighted by atomic mass is 10.1. The lowest BCUT2D eigenvalue weighted by Gasteiger charge is -2.13. The van der Waals surface area contributed by atoms with Crippen molar-refractivity contribution < 1.29 is 17.9 Å². The Morgan fingerprint density at radius 3 is 2.20 bits per heavy atom. The third kappa shape index (κ3) is 5.31. The first-order chi connectivity index (χ1) is 9.36. The van der Waals surface area contributed by atoms with Crippen molar-refractivity contribution in [2.45, 2.75) is 38.5 Å². The molecule has 0 spiro atoms. The Kier molecular flexibility index (Phi) is 6.79. The Morgan fingerprint density at radius 1 is 1.10 bits per heavy atom. The molecule has 0 saturated carbocycles. The minimum absolute atomic E-state index is 0.0979. The summed E-state index contributed by atoms with van der Waals surface area (Å²) in [5, 5.41) is 0. The molecule has 1 rings (SSSR count). The molecule has 1 aromatic carbocycles. The molecule has 0 aliphatic rings. The van der Waals surface area contributed by atoms with Gasteiger partial charge in [0, 0.05) is 17.3 Å². The van der Waals surface area contributed by atoms with Crippen molar-refractivity contribution in [1.82, 2.24) is 0 Å². The van der Waals surface area contributed by atoms with Crippen molar-refractivity contribution in [1.29, 1.82) is 0 Å². The molecule has 6 heteroatoms. The molecule has 0 N–H and O–H groups in total. The van der Waals surface area contributed by atoms with Crippen molar-refractivity contribution in [2.24, 2.45) is 0 Å². The minimum Gasteiger partial charge on any atom is -0.491 e. The van der Waals surface area contributed by atoms with Gasteiger partial charge in [0.25, 0.3) is 9.05 Å². The number of unbranched alkanes of at least 4 members (excludes halogenated alkanes) is 1. The van der Waals surface area contributed by atoms with Gasteiger partial charge in [0.15, 0.2) is 0 Å². The van der Waals surface area contributed by atoms with Crippen molar-refractivity contribution in [3.63, 3.8) is 0 Å². The molecule has 0 aliphatic heterocycles. The molecule has 0 radical (unpaired) electrons. The van der Waals surface area contributed by atoms with Gasteiger partial charge in [-0.15, -0.1) is 0 Å². The Balaban J connectivity index is 2.63. The topological polar surface area (TPSA) is 52.6 Å². The zero-order valence-electron chi connectivity index (χ0n) is 12.1. The number of benzene rings is 1. The summed E-state index contributed by atoms with van der Waals surface area (Å²) in [6.07, 6.45) is 2.15. The second-order valence-corrected chi connectivity index (χ2v) is 7.20. The lowest BCUT2D eigenvalue weighted by Crippen LogP contribution is -2.09. The first kappa shape index (κ1) is 17.3. The molecule has 1 aromatic rings. The average molecular weight is 321 g/mol. The molecule has 0 heterocycles. The van der Waals surface area contributed by atoms with Crippen LogP contribution in [-0.2, 0) is 13.8 Å². The molecule has 4 nitrogen and oxygen atoms in total. The summed E-state index contributed by atoms with van der Waals surface area (Å²) in [5.41, 5.74) is 1.50. The van der Waals surface area contributed by atoms with Crippen LogP contribution in [0.4, 0.5) is 0 Å². The fourth-order valence-electron chi connectivity index (χ4n) is 1.83. The SMILES string of the molecule is CCCCOCCOc1c(C)cc(S(=O)(=O)Cl)cc1C. The number of halogens is 1. The van der Waals surface area contributed by atoms with E-state index < -0.39 is 9.05 Å². The average Bonchev–Trinajstić information content (AvgIpc) is 2.34. The predicted octanol–water partition coefficient (Wildman–Crippen LogP) is 3.43. The van der Waals surface area contributed by atoms with Crippen LogP contribution in [0.2, 0.25) is 0 Å². The van der Waals surface area contributed by atoms with Gasteiger partial charge in [-0.05, 0) is 43.5 Å². The van der Waals surface area contributed by atoms with Crippen molar-refractivity contribution in [2.75, 3.05) is 19.8 Å². The third-order valence-electron chi connectivity index (χ3n) is 2.83. The van der Waals surface area contributed by atoms with Gasteiger partial charge in [-0.1, -0.05) is 13.3 Å². The van der Waals surface area contributed by atoms with Gasteiger partial charge < -0.3 is 9.47 Å². The largest absolute Gasteiger partial charge is 0.491 e. The molecule has 0 aromatic heterocycles. The van der Waals surface area contributed by atoms with Crippen LogP contribution in [0.25, 0.3) is 0 Å². The van der Waals surface area contributed by atoms with E-state index >= 15 is 0 Å². The van der Waals surface area contributed by atoms with Crippen molar-refractivity contribution >= 4 is 19.7 Å². The van der Waals surface area contributed by atoms with Crippen molar-refractivity contribution in [3.8, 4) is 5.75 Å². The van der Waals surface area contributed by atoms with E-state index in [1.165, 1.54) is 12.1 Å². The van der Waals surface area contributed by atoms with E-state index in [9.17, 15) is 8.42 Å². The molecule has 0 aliphatic carbocycles. The number of hydrogen-bond donors (Lipinski definition) is 0. The monoisotopic (exact) mass is 320 g/mol. The van der Waals surface area contributed by atoms with Gasteiger partial charge in [-0.25, -0.2) is 8.42 Å². The first-order valence-corrected chi connectivity index (χ1v) is 8.93. The predicted molar refractivity (Wildman–Crippen MR) is 80.2 cm³/mol. The summed E-state index contributed by atoms with van der Waals surface area (Å²) in [5.74, 6) is 0.688.